The molecule has 0 bridgehead atoms. The predicted octanol–water partition coefficient (Wildman–Crippen LogP) is 3.77. The number of rotatable bonds is 4. The van der Waals surface area contributed by atoms with Crippen LogP contribution in [0.1, 0.15) is 49.4 Å². The number of hydrogen-bond acceptors (Lipinski definition) is 2. The Labute approximate surface area is 122 Å². The van der Waals surface area contributed by atoms with Crippen molar-refractivity contribution in [2.45, 2.75) is 39.0 Å². The summed E-state index contributed by atoms with van der Waals surface area (Å²) in [4.78, 5) is 14.7. The van der Waals surface area contributed by atoms with Gasteiger partial charge >= 0.3 is 0 Å². The summed E-state index contributed by atoms with van der Waals surface area (Å²) >= 11 is 0. The lowest BCUT2D eigenvalue weighted by molar-refractivity contribution is 0.0761. The fourth-order valence-electron chi connectivity index (χ4n) is 3.12. The second-order valence-electron chi connectivity index (χ2n) is 5.67. The third kappa shape index (κ3) is 3.53. The number of nitrogens with one attached hydrogen (secondary N) is 1. The number of likely N-dealkylation sites (tertiary alicyclic amines) is 1. The molecule has 0 saturated carbocycles. The number of hydrogen-bond donors (Lipinski definition) is 1. The Balaban J connectivity index is 2.05. The molecule has 1 aliphatic heterocycles. The third-order valence-electron chi connectivity index (χ3n) is 4.26. The molecule has 0 aliphatic carbocycles. The van der Waals surface area contributed by atoms with Crippen LogP contribution in [0.2, 0.25) is 0 Å². The quantitative estimate of drug-likeness (QED) is 0.906. The highest BCUT2D eigenvalue weighted by molar-refractivity contribution is 5.99. The molecule has 1 aliphatic rings. The number of anilines is 1. The van der Waals surface area contributed by atoms with E-state index in [-0.39, 0.29) is 5.91 Å². The molecular formula is C17H26N2O. The van der Waals surface area contributed by atoms with E-state index in [1.807, 2.05) is 36.2 Å². The lowest BCUT2D eigenvalue weighted by Gasteiger charge is -2.22. The van der Waals surface area contributed by atoms with E-state index in [9.17, 15) is 4.79 Å². The molecule has 0 spiro atoms. The minimum atomic E-state index is 0.173. The zero-order chi connectivity index (χ0) is 14.4. The van der Waals surface area contributed by atoms with Gasteiger partial charge in [0.2, 0.25) is 0 Å². The number of para-hydroxylation sites is 1. The van der Waals surface area contributed by atoms with Crippen LogP contribution in [0.5, 0.6) is 0 Å². The Morgan fingerprint density at radius 2 is 2.10 bits per heavy atom. The molecule has 1 saturated heterocycles. The first-order chi connectivity index (χ1) is 9.76. The Bertz CT molecular complexity index is 444. The molecule has 0 radical (unpaired) electrons. The lowest BCUT2D eigenvalue weighted by Crippen LogP contribution is -2.32. The van der Waals surface area contributed by atoms with E-state index >= 15 is 0 Å². The third-order valence-corrected chi connectivity index (χ3v) is 4.26. The summed E-state index contributed by atoms with van der Waals surface area (Å²) in [5.41, 5.74) is 1.72. The molecule has 2 rings (SSSR count). The average molecular weight is 274 g/mol. The maximum Gasteiger partial charge on any atom is 0.255 e. The minimum Gasteiger partial charge on any atom is -0.387 e. The van der Waals surface area contributed by atoms with Crippen LogP contribution in [-0.4, -0.2) is 30.9 Å². The van der Waals surface area contributed by atoms with E-state index in [0.717, 1.165) is 43.1 Å². The molecule has 1 atom stereocenters. The maximum atomic E-state index is 12.7. The van der Waals surface area contributed by atoms with Crippen molar-refractivity contribution >= 4 is 11.6 Å². The van der Waals surface area contributed by atoms with E-state index in [4.69, 9.17) is 0 Å². The van der Waals surface area contributed by atoms with Crippen LogP contribution < -0.4 is 5.32 Å². The molecular weight excluding hydrogens is 248 g/mol. The van der Waals surface area contributed by atoms with Crippen LogP contribution in [0.3, 0.4) is 0 Å². The summed E-state index contributed by atoms with van der Waals surface area (Å²) in [5, 5.41) is 3.11. The van der Waals surface area contributed by atoms with Crippen molar-refractivity contribution in [2.24, 2.45) is 5.92 Å². The smallest absolute Gasteiger partial charge is 0.255 e. The maximum absolute atomic E-state index is 12.7. The highest BCUT2D eigenvalue weighted by Gasteiger charge is 2.22. The molecule has 1 fully saturated rings. The molecule has 110 valence electrons. The largest absolute Gasteiger partial charge is 0.387 e. The fraction of sp³-hybridized carbons (Fsp3) is 0.588. The lowest BCUT2D eigenvalue weighted by atomic mass is 9.96. The van der Waals surface area contributed by atoms with Gasteiger partial charge in [0.15, 0.2) is 0 Å². The number of amides is 1. The summed E-state index contributed by atoms with van der Waals surface area (Å²) in [5.74, 6) is 0.976. The summed E-state index contributed by atoms with van der Waals surface area (Å²) in [6.45, 7) is 4.05. The van der Waals surface area contributed by atoms with E-state index in [0.29, 0.717) is 0 Å². The van der Waals surface area contributed by atoms with E-state index in [2.05, 4.69) is 12.2 Å². The van der Waals surface area contributed by atoms with Crippen molar-refractivity contribution in [1.29, 1.82) is 0 Å². The number of carbonyl (C=O) groups is 1. The van der Waals surface area contributed by atoms with Gasteiger partial charge in [0.25, 0.3) is 5.91 Å². The second kappa shape index (κ2) is 7.32. The number of benzene rings is 1. The minimum absolute atomic E-state index is 0.173. The summed E-state index contributed by atoms with van der Waals surface area (Å²) in [6.07, 6.45) is 6.11. The van der Waals surface area contributed by atoms with E-state index < -0.39 is 0 Å². The first-order valence-corrected chi connectivity index (χ1v) is 7.82. The molecule has 3 heteroatoms. The second-order valence-corrected chi connectivity index (χ2v) is 5.67. The first-order valence-electron chi connectivity index (χ1n) is 7.82. The zero-order valence-corrected chi connectivity index (χ0v) is 12.7. The Hall–Kier alpha value is -1.51. The van der Waals surface area contributed by atoms with Gasteiger partial charge in [-0.2, -0.15) is 0 Å². The standard InChI is InChI=1S/C17H26N2O/c1-3-7-14-8-6-12-19(13-11-14)17(20)15-9-4-5-10-16(15)18-2/h4-5,9-10,14,18H,3,6-8,11-13H2,1-2H3. The van der Waals surface area contributed by atoms with Gasteiger partial charge in [-0.15, -0.1) is 0 Å². The van der Waals surface area contributed by atoms with Crippen LogP contribution in [-0.2, 0) is 0 Å². The van der Waals surface area contributed by atoms with Crippen molar-refractivity contribution < 1.29 is 4.79 Å². The average Bonchev–Trinajstić information content (AvgIpc) is 2.72. The first kappa shape index (κ1) is 14.9. The number of nitrogens with zero attached hydrogens (tertiary/aromatic N) is 1. The highest BCUT2D eigenvalue weighted by Crippen LogP contribution is 2.24. The topological polar surface area (TPSA) is 32.3 Å². The molecule has 1 N–H and O–H groups in total. The zero-order valence-electron chi connectivity index (χ0n) is 12.7. The Morgan fingerprint density at radius 3 is 2.85 bits per heavy atom. The molecule has 1 heterocycles. The normalized spacial score (nSPS) is 19.5. The highest BCUT2D eigenvalue weighted by atomic mass is 16.2. The summed E-state index contributed by atoms with van der Waals surface area (Å²) in [6, 6.07) is 7.78. The summed E-state index contributed by atoms with van der Waals surface area (Å²) in [7, 11) is 1.87. The van der Waals surface area contributed by atoms with Crippen LogP contribution in [0, 0.1) is 5.92 Å². The SMILES string of the molecule is CCCC1CCCN(C(=O)c2ccccc2NC)CC1. The van der Waals surface area contributed by atoms with Crippen LogP contribution in [0.25, 0.3) is 0 Å². The van der Waals surface area contributed by atoms with Gasteiger partial charge in [0.1, 0.15) is 0 Å². The van der Waals surface area contributed by atoms with Crippen LogP contribution in [0.15, 0.2) is 24.3 Å². The molecule has 0 aromatic heterocycles. The van der Waals surface area contributed by atoms with Crippen molar-refractivity contribution in [1.82, 2.24) is 4.90 Å². The van der Waals surface area contributed by atoms with Crippen LogP contribution in [0.4, 0.5) is 5.69 Å². The van der Waals surface area contributed by atoms with Crippen molar-refractivity contribution in [3.05, 3.63) is 29.8 Å². The van der Waals surface area contributed by atoms with Crippen LogP contribution >= 0.6 is 0 Å². The molecule has 1 unspecified atom stereocenters. The Kier molecular flexibility index (Phi) is 5.45. The van der Waals surface area contributed by atoms with Gasteiger partial charge in [0.05, 0.1) is 5.56 Å². The molecule has 1 amide bonds. The van der Waals surface area contributed by atoms with Gasteiger partial charge in [-0.1, -0.05) is 31.9 Å². The number of carbonyl (C=O) groups excluding carboxylic acids is 1. The predicted molar refractivity (Wildman–Crippen MR) is 84.1 cm³/mol. The Morgan fingerprint density at radius 1 is 1.30 bits per heavy atom. The van der Waals surface area contributed by atoms with Crippen molar-refractivity contribution in [3.8, 4) is 0 Å². The molecule has 1 aromatic rings. The molecule has 1 aromatic carbocycles. The van der Waals surface area contributed by atoms with Gasteiger partial charge in [0, 0.05) is 25.8 Å². The van der Waals surface area contributed by atoms with Crippen molar-refractivity contribution in [2.75, 3.05) is 25.5 Å². The van der Waals surface area contributed by atoms with Gasteiger partial charge in [-0.25, -0.2) is 0 Å². The van der Waals surface area contributed by atoms with Gasteiger partial charge in [-0.05, 0) is 37.3 Å². The van der Waals surface area contributed by atoms with Gasteiger partial charge in [-0.3, -0.25) is 4.79 Å². The van der Waals surface area contributed by atoms with Gasteiger partial charge < -0.3 is 10.2 Å². The van der Waals surface area contributed by atoms with E-state index in [1.54, 1.807) is 0 Å². The monoisotopic (exact) mass is 274 g/mol. The molecule has 3 nitrogen and oxygen atoms in total. The van der Waals surface area contributed by atoms with E-state index in [1.165, 1.54) is 19.3 Å². The van der Waals surface area contributed by atoms with Crippen molar-refractivity contribution in [3.63, 3.8) is 0 Å². The fourth-order valence-corrected chi connectivity index (χ4v) is 3.12. The summed E-state index contributed by atoms with van der Waals surface area (Å²) < 4.78 is 0. The molecule has 20 heavy (non-hydrogen) atoms.